The van der Waals surface area contributed by atoms with Gasteiger partial charge in [-0.15, -0.1) is 6.58 Å². The minimum absolute atomic E-state index is 0.157. The Labute approximate surface area is 144 Å². The van der Waals surface area contributed by atoms with E-state index in [1.807, 2.05) is 0 Å². The van der Waals surface area contributed by atoms with Crippen molar-refractivity contribution in [3.05, 3.63) is 24.4 Å². The van der Waals surface area contributed by atoms with E-state index in [9.17, 15) is 9.59 Å². The van der Waals surface area contributed by atoms with Gasteiger partial charge in [-0.25, -0.2) is 9.59 Å². The minimum Gasteiger partial charge on any atom is -0.459 e. The molecule has 24 heavy (non-hydrogen) atoms. The van der Waals surface area contributed by atoms with Gasteiger partial charge in [0.05, 0.1) is 11.6 Å². The normalized spacial score (nSPS) is 18.2. The third-order valence-corrected chi connectivity index (χ3v) is 4.01. The van der Waals surface area contributed by atoms with Crippen molar-refractivity contribution >= 4 is 12.0 Å². The van der Waals surface area contributed by atoms with Crippen LogP contribution in [0.3, 0.4) is 0 Å². The first-order valence-corrected chi connectivity index (χ1v) is 8.82. The molecule has 0 aromatic rings. The average Bonchev–Trinajstić information content (AvgIpc) is 2.56. The van der Waals surface area contributed by atoms with Crippen LogP contribution in [0.2, 0.25) is 0 Å². The second-order valence-electron chi connectivity index (χ2n) is 6.04. The van der Waals surface area contributed by atoms with Crippen LogP contribution in [0.5, 0.6) is 0 Å². The maximum atomic E-state index is 12.5. The Morgan fingerprint density at radius 3 is 2.88 bits per heavy atom. The first-order valence-electron chi connectivity index (χ1n) is 8.82. The summed E-state index contributed by atoms with van der Waals surface area (Å²) in [5.41, 5.74) is 0.448. The molecule has 0 bridgehead atoms. The van der Waals surface area contributed by atoms with E-state index in [2.05, 4.69) is 24.1 Å². The first kappa shape index (κ1) is 20.2. The molecule has 136 valence electrons. The number of urea groups is 1. The molecule has 6 heteroatoms. The summed E-state index contributed by atoms with van der Waals surface area (Å²) in [7, 11) is 0. The van der Waals surface area contributed by atoms with E-state index in [0.717, 1.165) is 38.5 Å². The molecule has 6 nitrogen and oxygen atoms in total. The lowest BCUT2D eigenvalue weighted by Gasteiger charge is -2.26. The lowest BCUT2D eigenvalue weighted by Crippen LogP contribution is -2.48. The smallest absolute Gasteiger partial charge is 0.337 e. The lowest BCUT2D eigenvalue weighted by atomic mass is 10.00. The number of hydrogen-bond donors (Lipinski definition) is 3. The third-order valence-electron chi connectivity index (χ3n) is 4.01. The zero-order chi connectivity index (χ0) is 17.8. The molecule has 0 aliphatic carbocycles. The molecule has 0 radical (unpaired) electrons. The standard InChI is InChI=1S/C18H30N2O4/c1-3-5-10-14(9-4-2)24-17(22)15-13-19-18(23)20-16(15)11-7-6-8-12-21/h4,13-14,16,21H,2-3,5-12H2,1H3,(H2,19,20,23). The molecular weight excluding hydrogens is 308 g/mol. The van der Waals surface area contributed by atoms with E-state index in [4.69, 9.17) is 9.84 Å². The fourth-order valence-electron chi connectivity index (χ4n) is 2.65. The molecule has 0 saturated heterocycles. The summed E-state index contributed by atoms with van der Waals surface area (Å²) in [6, 6.07) is -0.659. The summed E-state index contributed by atoms with van der Waals surface area (Å²) in [6.07, 6.45) is 9.54. The van der Waals surface area contributed by atoms with Gasteiger partial charge in [0, 0.05) is 19.2 Å². The highest BCUT2D eigenvalue weighted by Crippen LogP contribution is 2.18. The molecule has 0 aromatic heterocycles. The predicted octanol–water partition coefficient (Wildman–Crippen LogP) is 2.78. The van der Waals surface area contributed by atoms with Crippen molar-refractivity contribution in [2.75, 3.05) is 6.61 Å². The van der Waals surface area contributed by atoms with Crippen LogP contribution in [-0.4, -0.2) is 35.9 Å². The van der Waals surface area contributed by atoms with Crippen LogP contribution >= 0.6 is 0 Å². The number of hydrogen-bond acceptors (Lipinski definition) is 4. The monoisotopic (exact) mass is 338 g/mol. The van der Waals surface area contributed by atoms with E-state index < -0.39 is 5.97 Å². The van der Waals surface area contributed by atoms with Crippen LogP contribution in [0, 0.1) is 0 Å². The largest absolute Gasteiger partial charge is 0.459 e. The van der Waals surface area contributed by atoms with Crippen molar-refractivity contribution in [3.8, 4) is 0 Å². The van der Waals surface area contributed by atoms with Gasteiger partial charge in [0.1, 0.15) is 6.10 Å². The van der Waals surface area contributed by atoms with Crippen LogP contribution in [0.4, 0.5) is 4.79 Å². The second-order valence-corrected chi connectivity index (χ2v) is 6.04. The van der Waals surface area contributed by atoms with Gasteiger partial charge in [-0.2, -0.15) is 0 Å². The number of rotatable bonds is 12. The van der Waals surface area contributed by atoms with Crippen molar-refractivity contribution in [1.29, 1.82) is 0 Å². The van der Waals surface area contributed by atoms with Gasteiger partial charge in [-0.05, 0) is 19.3 Å². The topological polar surface area (TPSA) is 87.7 Å². The fraction of sp³-hybridized carbons (Fsp3) is 0.667. The molecule has 1 heterocycles. The summed E-state index contributed by atoms with van der Waals surface area (Å²) in [4.78, 5) is 24.0. The zero-order valence-electron chi connectivity index (χ0n) is 14.6. The molecule has 1 aliphatic heterocycles. The molecule has 1 rings (SSSR count). The minimum atomic E-state index is -0.391. The first-order chi connectivity index (χ1) is 11.6. The van der Waals surface area contributed by atoms with Gasteiger partial charge in [-0.1, -0.05) is 38.7 Å². The van der Waals surface area contributed by atoms with Gasteiger partial charge in [0.2, 0.25) is 0 Å². The summed E-state index contributed by atoms with van der Waals surface area (Å²) < 4.78 is 5.62. The molecule has 2 atom stereocenters. The van der Waals surface area contributed by atoms with Crippen molar-refractivity contribution in [3.63, 3.8) is 0 Å². The maximum Gasteiger partial charge on any atom is 0.337 e. The second kappa shape index (κ2) is 11.7. The van der Waals surface area contributed by atoms with Gasteiger partial charge in [-0.3, -0.25) is 0 Å². The predicted molar refractivity (Wildman–Crippen MR) is 93.3 cm³/mol. The van der Waals surface area contributed by atoms with E-state index in [-0.39, 0.29) is 24.8 Å². The lowest BCUT2D eigenvalue weighted by molar-refractivity contribution is -0.145. The summed E-state index contributed by atoms with van der Waals surface area (Å²) >= 11 is 0. The van der Waals surface area contributed by atoms with Crippen molar-refractivity contribution in [1.82, 2.24) is 10.6 Å². The number of nitrogens with one attached hydrogen (secondary N) is 2. The molecule has 0 aromatic carbocycles. The van der Waals surface area contributed by atoms with Gasteiger partial charge >= 0.3 is 12.0 Å². The number of aliphatic hydroxyl groups is 1. The van der Waals surface area contributed by atoms with Crippen LogP contribution < -0.4 is 10.6 Å². The molecule has 3 N–H and O–H groups in total. The summed E-state index contributed by atoms with van der Waals surface area (Å²) in [6.45, 7) is 5.97. The highest BCUT2D eigenvalue weighted by molar-refractivity contribution is 5.93. The number of amides is 2. The Morgan fingerprint density at radius 2 is 2.21 bits per heavy atom. The van der Waals surface area contributed by atoms with Crippen molar-refractivity contribution in [2.24, 2.45) is 0 Å². The Bertz CT molecular complexity index is 448. The SMILES string of the molecule is C=CCC(CCCC)OC(=O)C1=CNC(=O)NC1CCCCCO. The molecular formula is C18H30N2O4. The maximum absolute atomic E-state index is 12.5. The average molecular weight is 338 g/mol. The third kappa shape index (κ3) is 7.17. The van der Waals surface area contributed by atoms with E-state index in [0.29, 0.717) is 18.4 Å². The Balaban J connectivity index is 2.64. The number of carbonyl (C=O) groups excluding carboxylic acids is 2. The fourth-order valence-corrected chi connectivity index (χ4v) is 2.65. The number of esters is 1. The number of unbranched alkanes of at least 4 members (excludes halogenated alkanes) is 3. The quantitative estimate of drug-likeness (QED) is 0.290. The zero-order valence-corrected chi connectivity index (χ0v) is 14.6. The van der Waals surface area contributed by atoms with Crippen LogP contribution in [0.15, 0.2) is 24.4 Å². The molecule has 2 unspecified atom stereocenters. The van der Waals surface area contributed by atoms with Crippen LogP contribution in [-0.2, 0) is 9.53 Å². The number of carbonyl (C=O) groups is 2. The number of ether oxygens (including phenoxy) is 1. The molecule has 1 aliphatic rings. The molecule has 0 saturated carbocycles. The highest BCUT2D eigenvalue weighted by Gasteiger charge is 2.28. The van der Waals surface area contributed by atoms with Gasteiger partial charge < -0.3 is 20.5 Å². The summed E-state index contributed by atoms with van der Waals surface area (Å²) in [5.74, 6) is -0.391. The highest BCUT2D eigenvalue weighted by atomic mass is 16.5. The Hall–Kier alpha value is -1.82. The van der Waals surface area contributed by atoms with E-state index in [1.54, 1.807) is 6.08 Å². The molecule has 0 spiro atoms. The van der Waals surface area contributed by atoms with Crippen LogP contribution in [0.25, 0.3) is 0 Å². The van der Waals surface area contributed by atoms with E-state index in [1.165, 1.54) is 6.20 Å². The van der Waals surface area contributed by atoms with Crippen LogP contribution in [0.1, 0.15) is 58.3 Å². The molecule has 2 amide bonds. The molecule has 0 fully saturated rings. The van der Waals surface area contributed by atoms with Gasteiger partial charge in [0.25, 0.3) is 0 Å². The van der Waals surface area contributed by atoms with Gasteiger partial charge in [0.15, 0.2) is 0 Å². The van der Waals surface area contributed by atoms with E-state index >= 15 is 0 Å². The Morgan fingerprint density at radius 1 is 1.42 bits per heavy atom. The number of aliphatic hydroxyl groups excluding tert-OH is 1. The summed E-state index contributed by atoms with van der Waals surface area (Å²) in [5, 5.41) is 14.1. The van der Waals surface area contributed by atoms with Crippen molar-refractivity contribution < 1.29 is 19.4 Å². The Kier molecular flexibility index (Phi) is 9.84. The van der Waals surface area contributed by atoms with Crippen molar-refractivity contribution in [2.45, 2.75) is 70.4 Å².